The van der Waals surface area contributed by atoms with Crippen molar-refractivity contribution in [1.82, 2.24) is 9.78 Å². The van der Waals surface area contributed by atoms with Crippen molar-refractivity contribution < 1.29 is 14.3 Å². The first-order valence-corrected chi connectivity index (χ1v) is 6.70. The maximum Gasteiger partial charge on any atom is 0.338 e. The summed E-state index contributed by atoms with van der Waals surface area (Å²) < 4.78 is 11.9. The minimum absolute atomic E-state index is 0.000283. The van der Waals surface area contributed by atoms with E-state index in [-0.39, 0.29) is 17.0 Å². The Morgan fingerprint density at radius 2 is 2.09 bits per heavy atom. The molecule has 116 valence electrons. The Morgan fingerprint density at radius 1 is 1.45 bits per heavy atom. The van der Waals surface area contributed by atoms with Crippen LogP contribution in [0.25, 0.3) is 0 Å². The van der Waals surface area contributed by atoms with Gasteiger partial charge in [0.05, 0.1) is 24.3 Å². The van der Waals surface area contributed by atoms with Crippen LogP contribution in [-0.2, 0) is 21.3 Å². The van der Waals surface area contributed by atoms with Crippen molar-refractivity contribution in [2.24, 2.45) is 12.8 Å². The molecular weight excluding hydrogens is 284 g/mol. The van der Waals surface area contributed by atoms with E-state index in [4.69, 9.17) is 15.2 Å². The van der Waals surface area contributed by atoms with E-state index in [1.807, 2.05) is 19.9 Å². The lowest BCUT2D eigenvalue weighted by Crippen LogP contribution is -2.25. The molecule has 7 heteroatoms. The number of aromatic nitrogens is 2. The molecule has 0 saturated carbocycles. The zero-order valence-corrected chi connectivity index (χ0v) is 13.2. The van der Waals surface area contributed by atoms with Crippen LogP contribution in [0, 0.1) is 25.2 Å². The van der Waals surface area contributed by atoms with Crippen molar-refractivity contribution in [2.45, 2.75) is 26.7 Å². The number of nitriles is 1. The standard InChI is InChI=1S/C15H18N4O3/c1-7-11(8(2)19(4)18-7)13-10(6-16)14(17)22-9(3)12(13)15(20)21-5/h13H,17H2,1-5H3/t13-/m0/s1. The number of nitrogens with two attached hydrogens (primary N) is 1. The normalized spacial score (nSPS) is 18.1. The van der Waals surface area contributed by atoms with Crippen molar-refractivity contribution in [3.05, 3.63) is 39.7 Å². The largest absolute Gasteiger partial charge is 0.466 e. The summed E-state index contributed by atoms with van der Waals surface area (Å²) in [6.45, 7) is 5.33. The Balaban J connectivity index is 2.77. The minimum atomic E-state index is -0.639. The summed E-state index contributed by atoms with van der Waals surface area (Å²) in [6, 6.07) is 2.05. The second-order valence-corrected chi connectivity index (χ2v) is 5.09. The highest BCUT2D eigenvalue weighted by Crippen LogP contribution is 2.41. The first kappa shape index (κ1) is 15.6. The molecule has 0 bridgehead atoms. The lowest BCUT2D eigenvalue weighted by molar-refractivity contribution is -0.136. The number of hydrogen-bond donors (Lipinski definition) is 1. The smallest absolute Gasteiger partial charge is 0.338 e. The monoisotopic (exact) mass is 302 g/mol. The number of rotatable bonds is 2. The Kier molecular flexibility index (Phi) is 3.95. The maximum atomic E-state index is 12.2. The summed E-state index contributed by atoms with van der Waals surface area (Å²) in [6.07, 6.45) is 0. The summed E-state index contributed by atoms with van der Waals surface area (Å²) in [4.78, 5) is 12.2. The van der Waals surface area contributed by atoms with E-state index in [0.717, 1.165) is 17.0 Å². The predicted molar refractivity (Wildman–Crippen MR) is 78.1 cm³/mol. The van der Waals surface area contributed by atoms with E-state index in [9.17, 15) is 10.1 Å². The first-order chi connectivity index (χ1) is 10.3. The van der Waals surface area contributed by atoms with Crippen molar-refractivity contribution >= 4 is 5.97 Å². The van der Waals surface area contributed by atoms with Crippen LogP contribution in [0.15, 0.2) is 22.8 Å². The molecule has 0 spiro atoms. The van der Waals surface area contributed by atoms with Gasteiger partial charge in [-0.15, -0.1) is 0 Å². The van der Waals surface area contributed by atoms with Crippen molar-refractivity contribution in [2.75, 3.05) is 7.11 Å². The Bertz CT molecular complexity index is 750. The zero-order chi connectivity index (χ0) is 16.6. The lowest BCUT2D eigenvalue weighted by Gasteiger charge is -2.26. The molecule has 0 aromatic carbocycles. The third-order valence-electron chi connectivity index (χ3n) is 3.86. The molecule has 1 aliphatic heterocycles. The number of carbonyl (C=O) groups is 1. The molecule has 1 atom stereocenters. The minimum Gasteiger partial charge on any atom is -0.466 e. The fourth-order valence-corrected chi connectivity index (χ4v) is 2.75. The van der Waals surface area contributed by atoms with Gasteiger partial charge in [0.15, 0.2) is 0 Å². The summed E-state index contributed by atoms with van der Waals surface area (Å²) in [7, 11) is 3.09. The molecule has 22 heavy (non-hydrogen) atoms. The lowest BCUT2D eigenvalue weighted by atomic mass is 9.82. The Labute approximate surface area is 128 Å². The maximum absolute atomic E-state index is 12.2. The zero-order valence-electron chi connectivity index (χ0n) is 13.2. The van der Waals surface area contributed by atoms with Crippen LogP contribution >= 0.6 is 0 Å². The van der Waals surface area contributed by atoms with Crippen molar-refractivity contribution in [1.29, 1.82) is 5.26 Å². The van der Waals surface area contributed by atoms with E-state index in [0.29, 0.717) is 5.76 Å². The Hall–Kier alpha value is -2.75. The van der Waals surface area contributed by atoms with E-state index in [1.54, 1.807) is 18.7 Å². The van der Waals surface area contributed by atoms with Crippen LogP contribution in [0.3, 0.4) is 0 Å². The molecule has 2 N–H and O–H groups in total. The number of esters is 1. The van der Waals surface area contributed by atoms with Crippen LogP contribution in [0.1, 0.15) is 29.8 Å². The van der Waals surface area contributed by atoms with Gasteiger partial charge >= 0.3 is 5.97 Å². The second-order valence-electron chi connectivity index (χ2n) is 5.09. The van der Waals surface area contributed by atoms with Gasteiger partial charge in [-0.2, -0.15) is 10.4 Å². The van der Waals surface area contributed by atoms with Crippen molar-refractivity contribution in [3.63, 3.8) is 0 Å². The second kappa shape index (κ2) is 5.56. The average Bonchev–Trinajstić information content (AvgIpc) is 2.70. The molecule has 0 radical (unpaired) electrons. The molecular formula is C15H18N4O3. The van der Waals surface area contributed by atoms with Crippen LogP contribution in [0.5, 0.6) is 0 Å². The topological polar surface area (TPSA) is 103 Å². The fraction of sp³-hybridized carbons (Fsp3) is 0.400. The number of nitrogens with zero attached hydrogens (tertiary/aromatic N) is 3. The molecule has 1 aromatic heterocycles. The van der Waals surface area contributed by atoms with Crippen LogP contribution in [-0.4, -0.2) is 22.9 Å². The van der Waals surface area contributed by atoms with Gasteiger partial charge in [-0.25, -0.2) is 4.79 Å². The summed E-state index contributed by atoms with van der Waals surface area (Å²) in [5.41, 5.74) is 8.63. The summed E-state index contributed by atoms with van der Waals surface area (Å²) in [5, 5.41) is 13.8. The highest BCUT2D eigenvalue weighted by Gasteiger charge is 2.38. The number of ether oxygens (including phenoxy) is 2. The van der Waals surface area contributed by atoms with Gasteiger partial charge in [-0.05, 0) is 20.8 Å². The molecule has 0 unspecified atom stereocenters. The molecule has 0 amide bonds. The van der Waals surface area contributed by atoms with E-state index < -0.39 is 11.9 Å². The van der Waals surface area contributed by atoms with Gasteiger partial charge < -0.3 is 15.2 Å². The van der Waals surface area contributed by atoms with Crippen LogP contribution in [0.4, 0.5) is 0 Å². The number of aryl methyl sites for hydroxylation is 2. The molecule has 0 aliphatic carbocycles. The molecule has 1 aromatic rings. The average molecular weight is 302 g/mol. The van der Waals surface area contributed by atoms with Gasteiger partial charge in [-0.1, -0.05) is 0 Å². The number of allylic oxidation sites excluding steroid dienone is 2. The van der Waals surface area contributed by atoms with Gasteiger partial charge in [0, 0.05) is 18.3 Å². The van der Waals surface area contributed by atoms with Crippen molar-refractivity contribution in [3.8, 4) is 6.07 Å². The predicted octanol–water partition coefficient (Wildman–Crippen LogP) is 1.29. The Morgan fingerprint density at radius 3 is 2.55 bits per heavy atom. The quantitative estimate of drug-likeness (QED) is 0.826. The van der Waals surface area contributed by atoms with Crippen LogP contribution < -0.4 is 5.73 Å². The molecule has 7 nitrogen and oxygen atoms in total. The van der Waals surface area contributed by atoms with Gasteiger partial charge in [0.2, 0.25) is 5.88 Å². The van der Waals surface area contributed by atoms with Crippen LogP contribution in [0.2, 0.25) is 0 Å². The molecule has 1 aliphatic rings. The highest BCUT2D eigenvalue weighted by molar-refractivity contribution is 5.92. The SMILES string of the molecule is COC(=O)C1=C(C)OC(N)=C(C#N)[C@H]1c1c(C)nn(C)c1C. The van der Waals surface area contributed by atoms with Gasteiger partial charge in [0.25, 0.3) is 0 Å². The number of hydrogen-bond acceptors (Lipinski definition) is 6. The number of carbonyl (C=O) groups excluding carboxylic acids is 1. The molecule has 0 saturated heterocycles. The fourth-order valence-electron chi connectivity index (χ4n) is 2.75. The summed E-state index contributed by atoms with van der Waals surface area (Å²) in [5.74, 6) is -0.860. The van der Waals surface area contributed by atoms with Gasteiger partial charge in [0.1, 0.15) is 17.4 Å². The third-order valence-corrected chi connectivity index (χ3v) is 3.86. The third kappa shape index (κ3) is 2.22. The van der Waals surface area contributed by atoms with E-state index in [1.165, 1.54) is 7.11 Å². The summed E-state index contributed by atoms with van der Waals surface area (Å²) >= 11 is 0. The number of methoxy groups -OCH3 is 1. The highest BCUT2D eigenvalue weighted by atomic mass is 16.5. The van der Waals surface area contributed by atoms with E-state index >= 15 is 0 Å². The first-order valence-electron chi connectivity index (χ1n) is 6.70. The van der Waals surface area contributed by atoms with E-state index in [2.05, 4.69) is 5.10 Å². The molecule has 0 fully saturated rings. The van der Waals surface area contributed by atoms with Gasteiger partial charge in [-0.3, -0.25) is 4.68 Å². The molecule has 2 heterocycles. The molecule has 2 rings (SSSR count).